The van der Waals surface area contributed by atoms with Gasteiger partial charge in [0.1, 0.15) is 11.8 Å². The summed E-state index contributed by atoms with van der Waals surface area (Å²) < 4.78 is 40.6. The van der Waals surface area contributed by atoms with Crippen molar-refractivity contribution in [3.63, 3.8) is 0 Å². The standard InChI is InChI=1S/C13H16F3N3O2/c14-13(15,16)21-10-3-1-2-9(8-10)11(12(17)20)19-6-4-18-5-7-19/h1-3,8,11,18H,4-7H2,(H2,17,20). The Balaban J connectivity index is 2.23. The van der Waals surface area contributed by atoms with Gasteiger partial charge in [-0.2, -0.15) is 0 Å². The van der Waals surface area contributed by atoms with Crippen LogP contribution in [0.15, 0.2) is 24.3 Å². The highest BCUT2D eigenvalue weighted by atomic mass is 19.4. The van der Waals surface area contributed by atoms with E-state index in [4.69, 9.17) is 5.73 Å². The monoisotopic (exact) mass is 303 g/mol. The minimum atomic E-state index is -4.77. The maximum absolute atomic E-state index is 12.3. The highest BCUT2D eigenvalue weighted by Gasteiger charge is 2.32. The zero-order chi connectivity index (χ0) is 15.5. The molecule has 1 fully saturated rings. The number of rotatable bonds is 4. The Morgan fingerprint density at radius 2 is 2.00 bits per heavy atom. The Kier molecular flexibility index (Phi) is 4.69. The average molecular weight is 303 g/mol. The lowest BCUT2D eigenvalue weighted by molar-refractivity contribution is -0.274. The lowest BCUT2D eigenvalue weighted by atomic mass is 10.0. The maximum Gasteiger partial charge on any atom is 0.573 e. The van der Waals surface area contributed by atoms with E-state index in [1.165, 1.54) is 18.2 Å². The summed E-state index contributed by atoms with van der Waals surface area (Å²) in [6, 6.07) is 4.61. The van der Waals surface area contributed by atoms with Crippen LogP contribution in [0.25, 0.3) is 0 Å². The molecule has 1 aliphatic rings. The van der Waals surface area contributed by atoms with Crippen molar-refractivity contribution in [1.82, 2.24) is 10.2 Å². The summed E-state index contributed by atoms with van der Waals surface area (Å²) in [7, 11) is 0. The van der Waals surface area contributed by atoms with Crippen molar-refractivity contribution in [2.24, 2.45) is 5.73 Å². The molecule has 1 atom stereocenters. The molecule has 0 saturated carbocycles. The molecule has 1 amide bonds. The summed E-state index contributed by atoms with van der Waals surface area (Å²) in [5, 5.41) is 3.14. The second-order valence-electron chi connectivity index (χ2n) is 4.71. The van der Waals surface area contributed by atoms with Crippen molar-refractivity contribution in [3.05, 3.63) is 29.8 Å². The van der Waals surface area contributed by atoms with Crippen molar-refractivity contribution in [2.45, 2.75) is 12.4 Å². The number of nitrogens with one attached hydrogen (secondary N) is 1. The smallest absolute Gasteiger partial charge is 0.406 e. The Morgan fingerprint density at radius 1 is 1.33 bits per heavy atom. The molecule has 3 N–H and O–H groups in total. The topological polar surface area (TPSA) is 67.6 Å². The van der Waals surface area contributed by atoms with Gasteiger partial charge >= 0.3 is 6.36 Å². The third-order valence-electron chi connectivity index (χ3n) is 3.19. The molecule has 116 valence electrons. The molecule has 2 rings (SSSR count). The van der Waals surface area contributed by atoms with Gasteiger partial charge < -0.3 is 15.8 Å². The zero-order valence-corrected chi connectivity index (χ0v) is 11.2. The van der Waals surface area contributed by atoms with E-state index >= 15 is 0 Å². The summed E-state index contributed by atoms with van der Waals surface area (Å²) in [6.07, 6.45) is -4.77. The van der Waals surface area contributed by atoms with Gasteiger partial charge in [0.2, 0.25) is 5.91 Å². The molecule has 1 unspecified atom stereocenters. The quantitative estimate of drug-likeness (QED) is 0.871. The molecular weight excluding hydrogens is 287 g/mol. The van der Waals surface area contributed by atoms with Crippen LogP contribution < -0.4 is 15.8 Å². The summed E-state index contributed by atoms with van der Waals surface area (Å²) >= 11 is 0. The van der Waals surface area contributed by atoms with Crippen LogP contribution in [0.3, 0.4) is 0 Å². The number of ether oxygens (including phenoxy) is 1. The lowest BCUT2D eigenvalue weighted by Gasteiger charge is -2.33. The first-order valence-corrected chi connectivity index (χ1v) is 6.46. The molecule has 1 aromatic carbocycles. The van der Waals surface area contributed by atoms with E-state index in [1.807, 2.05) is 4.90 Å². The highest BCUT2D eigenvalue weighted by molar-refractivity contribution is 5.81. The first kappa shape index (κ1) is 15.6. The number of nitrogens with two attached hydrogens (primary N) is 1. The number of alkyl halides is 3. The molecule has 8 heteroatoms. The zero-order valence-electron chi connectivity index (χ0n) is 11.2. The van der Waals surface area contributed by atoms with Gasteiger partial charge in [-0.3, -0.25) is 9.69 Å². The predicted octanol–water partition coefficient (Wildman–Crippen LogP) is 1.02. The van der Waals surface area contributed by atoms with Crippen LogP contribution in [0.2, 0.25) is 0 Å². The molecule has 0 aliphatic carbocycles. The Labute approximate surface area is 119 Å². The van der Waals surface area contributed by atoms with Gasteiger partial charge in [0.15, 0.2) is 0 Å². The van der Waals surface area contributed by atoms with Crippen molar-refractivity contribution < 1.29 is 22.7 Å². The van der Waals surface area contributed by atoms with Crippen LogP contribution in [0.5, 0.6) is 5.75 Å². The van der Waals surface area contributed by atoms with Crippen LogP contribution in [0.1, 0.15) is 11.6 Å². The normalized spacial score (nSPS) is 18.2. The number of nitrogens with zero attached hydrogens (tertiary/aromatic N) is 1. The van der Waals surface area contributed by atoms with Crippen molar-refractivity contribution in [2.75, 3.05) is 26.2 Å². The second kappa shape index (κ2) is 6.31. The molecule has 0 bridgehead atoms. The first-order valence-electron chi connectivity index (χ1n) is 6.46. The van der Waals surface area contributed by atoms with Gasteiger partial charge in [-0.05, 0) is 17.7 Å². The number of halogens is 3. The van der Waals surface area contributed by atoms with Crippen LogP contribution in [0.4, 0.5) is 13.2 Å². The third kappa shape index (κ3) is 4.33. The van der Waals surface area contributed by atoms with Crippen molar-refractivity contribution in [1.29, 1.82) is 0 Å². The van der Waals surface area contributed by atoms with E-state index in [-0.39, 0.29) is 5.75 Å². The molecule has 1 aliphatic heterocycles. The Morgan fingerprint density at radius 3 is 2.57 bits per heavy atom. The predicted molar refractivity (Wildman–Crippen MR) is 69.5 cm³/mol. The maximum atomic E-state index is 12.3. The van der Waals surface area contributed by atoms with Crippen LogP contribution >= 0.6 is 0 Å². The third-order valence-corrected chi connectivity index (χ3v) is 3.19. The fraction of sp³-hybridized carbons (Fsp3) is 0.462. The molecule has 21 heavy (non-hydrogen) atoms. The number of benzene rings is 1. The summed E-state index contributed by atoms with van der Waals surface area (Å²) in [5.74, 6) is -0.956. The molecule has 0 spiro atoms. The van der Waals surface area contributed by atoms with E-state index in [1.54, 1.807) is 6.07 Å². The molecule has 1 aromatic rings. The fourth-order valence-corrected chi connectivity index (χ4v) is 2.38. The minimum Gasteiger partial charge on any atom is -0.406 e. The summed E-state index contributed by atoms with van der Waals surface area (Å²) in [6.45, 7) is 2.58. The van der Waals surface area contributed by atoms with Crippen molar-refractivity contribution >= 4 is 5.91 Å². The molecule has 1 heterocycles. The average Bonchev–Trinajstić information content (AvgIpc) is 2.38. The van der Waals surface area contributed by atoms with E-state index in [0.717, 1.165) is 0 Å². The van der Waals surface area contributed by atoms with E-state index in [0.29, 0.717) is 31.7 Å². The van der Waals surface area contributed by atoms with Crippen LogP contribution in [0, 0.1) is 0 Å². The molecule has 1 saturated heterocycles. The summed E-state index contributed by atoms with van der Waals surface area (Å²) in [5.41, 5.74) is 5.81. The SMILES string of the molecule is NC(=O)C(c1cccc(OC(F)(F)F)c1)N1CCNCC1. The number of piperazine rings is 1. The number of carbonyl (C=O) groups is 1. The first-order chi connectivity index (χ1) is 9.87. The highest BCUT2D eigenvalue weighted by Crippen LogP contribution is 2.28. The van der Waals surface area contributed by atoms with Gasteiger partial charge in [-0.15, -0.1) is 13.2 Å². The number of hydrogen-bond acceptors (Lipinski definition) is 4. The molecule has 5 nitrogen and oxygen atoms in total. The fourth-order valence-electron chi connectivity index (χ4n) is 2.38. The van der Waals surface area contributed by atoms with Gasteiger partial charge in [-0.1, -0.05) is 12.1 Å². The van der Waals surface area contributed by atoms with E-state index in [9.17, 15) is 18.0 Å². The van der Waals surface area contributed by atoms with E-state index in [2.05, 4.69) is 10.1 Å². The number of carbonyl (C=O) groups excluding carboxylic acids is 1. The Bertz CT molecular complexity index is 502. The number of primary amides is 1. The van der Waals surface area contributed by atoms with Gasteiger partial charge in [0.05, 0.1) is 0 Å². The van der Waals surface area contributed by atoms with E-state index < -0.39 is 18.3 Å². The summed E-state index contributed by atoms with van der Waals surface area (Å²) in [4.78, 5) is 13.5. The van der Waals surface area contributed by atoms with Crippen molar-refractivity contribution in [3.8, 4) is 5.75 Å². The number of hydrogen-bond donors (Lipinski definition) is 2. The molecular formula is C13H16F3N3O2. The lowest BCUT2D eigenvalue weighted by Crippen LogP contribution is -2.48. The second-order valence-corrected chi connectivity index (χ2v) is 4.71. The van der Waals surface area contributed by atoms with Crippen LogP contribution in [-0.4, -0.2) is 43.3 Å². The number of amides is 1. The minimum absolute atomic E-state index is 0.360. The Hall–Kier alpha value is -1.80. The van der Waals surface area contributed by atoms with Crippen LogP contribution in [-0.2, 0) is 4.79 Å². The largest absolute Gasteiger partial charge is 0.573 e. The molecule has 0 aromatic heterocycles. The van der Waals surface area contributed by atoms with Gasteiger partial charge in [0, 0.05) is 26.2 Å². The van der Waals surface area contributed by atoms with Gasteiger partial charge in [0.25, 0.3) is 0 Å². The van der Waals surface area contributed by atoms with Gasteiger partial charge in [-0.25, -0.2) is 0 Å². The molecule has 0 radical (unpaired) electrons.